The minimum Gasteiger partial charge on any atom is -0.464 e. The number of aromatic nitrogens is 3. The molecule has 0 fully saturated rings. The van der Waals surface area contributed by atoms with E-state index >= 15 is 0 Å². The third-order valence-electron chi connectivity index (χ3n) is 1.18. The molecule has 1 rings (SSSR count). The van der Waals surface area contributed by atoms with Crippen molar-refractivity contribution < 1.29 is 4.74 Å². The molecule has 1 heterocycles. The summed E-state index contributed by atoms with van der Waals surface area (Å²) in [5.74, 6) is 0. The standard InChI is InChI=1S/C8H12ClN3OS/c1-4-13-7-10-6(9)11-8(12-7)14-5(2)3/h5H,4H2,1-3H3. The van der Waals surface area contributed by atoms with Gasteiger partial charge in [0.15, 0.2) is 5.16 Å². The molecule has 0 bridgehead atoms. The Morgan fingerprint density at radius 2 is 2.07 bits per heavy atom. The SMILES string of the molecule is CCOc1nc(Cl)nc(SC(C)C)n1. The quantitative estimate of drug-likeness (QED) is 0.748. The van der Waals surface area contributed by atoms with E-state index in [9.17, 15) is 0 Å². The van der Waals surface area contributed by atoms with Crippen molar-refractivity contribution in [2.24, 2.45) is 0 Å². The molecule has 1 aromatic heterocycles. The van der Waals surface area contributed by atoms with E-state index < -0.39 is 0 Å². The third-order valence-corrected chi connectivity index (χ3v) is 2.22. The van der Waals surface area contributed by atoms with Crippen LogP contribution in [0.25, 0.3) is 0 Å². The highest BCUT2D eigenvalue weighted by Gasteiger charge is 2.07. The van der Waals surface area contributed by atoms with Gasteiger partial charge in [-0.3, -0.25) is 0 Å². The van der Waals surface area contributed by atoms with Gasteiger partial charge in [0.2, 0.25) is 5.28 Å². The number of hydrogen-bond acceptors (Lipinski definition) is 5. The topological polar surface area (TPSA) is 47.9 Å². The molecule has 4 nitrogen and oxygen atoms in total. The highest BCUT2D eigenvalue weighted by atomic mass is 35.5. The molecule has 14 heavy (non-hydrogen) atoms. The molecule has 0 aliphatic heterocycles. The summed E-state index contributed by atoms with van der Waals surface area (Å²) in [7, 11) is 0. The first-order valence-electron chi connectivity index (χ1n) is 4.33. The van der Waals surface area contributed by atoms with E-state index in [1.165, 1.54) is 11.8 Å². The maximum absolute atomic E-state index is 5.71. The third kappa shape index (κ3) is 3.67. The van der Waals surface area contributed by atoms with E-state index in [0.717, 1.165) is 0 Å². The van der Waals surface area contributed by atoms with E-state index in [2.05, 4.69) is 28.8 Å². The highest BCUT2D eigenvalue weighted by molar-refractivity contribution is 7.99. The number of rotatable bonds is 4. The van der Waals surface area contributed by atoms with Gasteiger partial charge in [-0.2, -0.15) is 15.0 Å². The van der Waals surface area contributed by atoms with Crippen LogP contribution in [-0.2, 0) is 0 Å². The Balaban J connectivity index is 2.83. The number of halogens is 1. The molecule has 0 saturated heterocycles. The van der Waals surface area contributed by atoms with Gasteiger partial charge in [0.1, 0.15) is 0 Å². The number of nitrogens with zero attached hydrogens (tertiary/aromatic N) is 3. The Morgan fingerprint density at radius 1 is 1.36 bits per heavy atom. The molecular weight excluding hydrogens is 222 g/mol. The average Bonchev–Trinajstić information content (AvgIpc) is 2.01. The average molecular weight is 234 g/mol. The second-order valence-electron chi connectivity index (χ2n) is 2.77. The summed E-state index contributed by atoms with van der Waals surface area (Å²) < 4.78 is 5.15. The molecule has 0 aliphatic rings. The van der Waals surface area contributed by atoms with Crippen molar-refractivity contribution in [3.8, 4) is 6.01 Å². The van der Waals surface area contributed by atoms with Crippen LogP contribution in [0.5, 0.6) is 6.01 Å². The minimum absolute atomic E-state index is 0.173. The van der Waals surface area contributed by atoms with E-state index in [4.69, 9.17) is 16.3 Å². The largest absolute Gasteiger partial charge is 0.464 e. The molecule has 0 saturated carbocycles. The van der Waals surface area contributed by atoms with Crippen LogP contribution < -0.4 is 4.74 Å². The Labute approximate surface area is 92.5 Å². The molecule has 0 N–H and O–H groups in total. The van der Waals surface area contributed by atoms with Crippen molar-refractivity contribution in [1.29, 1.82) is 0 Å². The zero-order valence-corrected chi connectivity index (χ0v) is 9.89. The van der Waals surface area contributed by atoms with Crippen LogP contribution in [0.15, 0.2) is 5.16 Å². The van der Waals surface area contributed by atoms with E-state index in [-0.39, 0.29) is 11.3 Å². The predicted octanol–water partition coefficient (Wildman–Crippen LogP) is 2.42. The van der Waals surface area contributed by atoms with Gasteiger partial charge in [-0.05, 0) is 18.5 Å². The molecule has 78 valence electrons. The summed E-state index contributed by atoms with van der Waals surface area (Å²) in [5.41, 5.74) is 0. The van der Waals surface area contributed by atoms with Crippen LogP contribution in [0.2, 0.25) is 5.28 Å². The van der Waals surface area contributed by atoms with Gasteiger partial charge in [-0.15, -0.1) is 0 Å². The van der Waals surface area contributed by atoms with E-state index in [1.54, 1.807) is 0 Å². The molecule has 0 aliphatic carbocycles. The fourth-order valence-corrected chi connectivity index (χ4v) is 1.67. The summed E-state index contributed by atoms with van der Waals surface area (Å²) in [6.07, 6.45) is 0. The van der Waals surface area contributed by atoms with E-state index in [0.29, 0.717) is 17.0 Å². The van der Waals surface area contributed by atoms with Crippen LogP contribution in [0.1, 0.15) is 20.8 Å². The van der Waals surface area contributed by atoms with Gasteiger partial charge in [-0.25, -0.2) is 0 Å². The van der Waals surface area contributed by atoms with Gasteiger partial charge in [0.05, 0.1) is 6.61 Å². The summed E-state index contributed by atoms with van der Waals surface area (Å²) in [5, 5.41) is 1.18. The van der Waals surface area contributed by atoms with Crippen molar-refractivity contribution in [2.75, 3.05) is 6.61 Å². The molecule has 0 amide bonds. The van der Waals surface area contributed by atoms with Crippen molar-refractivity contribution >= 4 is 23.4 Å². The van der Waals surface area contributed by atoms with Crippen molar-refractivity contribution in [3.05, 3.63) is 5.28 Å². The lowest BCUT2D eigenvalue weighted by Crippen LogP contribution is -2.01. The van der Waals surface area contributed by atoms with Gasteiger partial charge in [0.25, 0.3) is 0 Å². The van der Waals surface area contributed by atoms with Crippen LogP contribution in [0, 0.1) is 0 Å². The van der Waals surface area contributed by atoms with Gasteiger partial charge in [0, 0.05) is 5.25 Å². The summed E-state index contributed by atoms with van der Waals surface area (Å²) in [4.78, 5) is 11.9. The second-order valence-corrected chi connectivity index (χ2v) is 4.65. The maximum atomic E-state index is 5.71. The van der Waals surface area contributed by atoms with Crippen LogP contribution >= 0.6 is 23.4 Å². The lowest BCUT2D eigenvalue weighted by molar-refractivity contribution is 0.307. The summed E-state index contributed by atoms with van der Waals surface area (Å²) in [6, 6.07) is 0.288. The molecule has 0 spiro atoms. The summed E-state index contributed by atoms with van der Waals surface area (Å²) >= 11 is 7.24. The molecule has 6 heteroatoms. The zero-order chi connectivity index (χ0) is 10.6. The van der Waals surface area contributed by atoms with Gasteiger partial charge < -0.3 is 4.74 Å². The fourth-order valence-electron chi connectivity index (χ4n) is 0.772. The lowest BCUT2D eigenvalue weighted by atomic mass is 10.6. The number of ether oxygens (including phenoxy) is 1. The maximum Gasteiger partial charge on any atom is 0.321 e. The zero-order valence-electron chi connectivity index (χ0n) is 8.32. The van der Waals surface area contributed by atoms with Crippen molar-refractivity contribution in [2.45, 2.75) is 31.2 Å². The number of thioether (sulfide) groups is 1. The normalized spacial score (nSPS) is 10.6. The van der Waals surface area contributed by atoms with Crippen LogP contribution in [0.4, 0.5) is 0 Å². The van der Waals surface area contributed by atoms with Gasteiger partial charge in [-0.1, -0.05) is 25.6 Å². The van der Waals surface area contributed by atoms with E-state index in [1.807, 2.05) is 6.92 Å². The molecule has 0 radical (unpaired) electrons. The molecule has 0 aromatic carbocycles. The Hall–Kier alpha value is -0.550. The van der Waals surface area contributed by atoms with Crippen LogP contribution in [-0.4, -0.2) is 26.8 Å². The molecule has 0 atom stereocenters. The Kier molecular flexibility index (Phi) is 4.41. The predicted molar refractivity (Wildman–Crippen MR) is 57.0 cm³/mol. The fraction of sp³-hybridized carbons (Fsp3) is 0.625. The minimum atomic E-state index is 0.173. The monoisotopic (exact) mass is 233 g/mol. The first-order chi connectivity index (χ1) is 6.61. The Morgan fingerprint density at radius 3 is 2.64 bits per heavy atom. The second kappa shape index (κ2) is 5.36. The summed E-state index contributed by atoms with van der Waals surface area (Å²) in [6.45, 7) is 6.50. The van der Waals surface area contributed by atoms with Crippen molar-refractivity contribution in [1.82, 2.24) is 15.0 Å². The van der Waals surface area contributed by atoms with Crippen LogP contribution in [0.3, 0.4) is 0 Å². The van der Waals surface area contributed by atoms with Crippen molar-refractivity contribution in [3.63, 3.8) is 0 Å². The first kappa shape index (κ1) is 11.5. The molecule has 0 unspecified atom stereocenters. The molecule has 1 aromatic rings. The first-order valence-corrected chi connectivity index (χ1v) is 5.58. The Bertz CT molecular complexity index is 309. The smallest absolute Gasteiger partial charge is 0.321 e. The number of hydrogen-bond donors (Lipinski definition) is 0. The lowest BCUT2D eigenvalue weighted by Gasteiger charge is -2.05. The highest BCUT2D eigenvalue weighted by Crippen LogP contribution is 2.21. The van der Waals surface area contributed by atoms with Gasteiger partial charge >= 0.3 is 6.01 Å². The molecular formula is C8H12ClN3OS.